The highest BCUT2D eigenvalue weighted by molar-refractivity contribution is 7.91. The van der Waals surface area contributed by atoms with Gasteiger partial charge in [0.25, 0.3) is 0 Å². The van der Waals surface area contributed by atoms with Gasteiger partial charge in [-0.1, -0.05) is 18.2 Å². The molecule has 0 aliphatic carbocycles. The van der Waals surface area contributed by atoms with E-state index in [0.717, 1.165) is 11.1 Å². The molecule has 0 saturated carbocycles. The number of hydrogen-bond acceptors (Lipinski definition) is 4. The van der Waals surface area contributed by atoms with Crippen LogP contribution >= 0.6 is 0 Å². The van der Waals surface area contributed by atoms with Crippen LogP contribution in [0.3, 0.4) is 0 Å². The number of nitrogens with zero attached hydrogens (tertiary/aromatic N) is 1. The summed E-state index contributed by atoms with van der Waals surface area (Å²) in [6.07, 6.45) is 4.20. The van der Waals surface area contributed by atoms with Gasteiger partial charge >= 0.3 is 0 Å². The first-order valence-electron chi connectivity index (χ1n) is 6.19. The van der Waals surface area contributed by atoms with Gasteiger partial charge in [0.15, 0.2) is 9.84 Å². The summed E-state index contributed by atoms with van der Waals surface area (Å²) in [6, 6.07) is 7.31. The number of sulfone groups is 1. The third-order valence-corrected chi connectivity index (χ3v) is 5.23. The van der Waals surface area contributed by atoms with Crippen LogP contribution in [0, 0.1) is 0 Å². The Morgan fingerprint density at radius 2 is 2.21 bits per heavy atom. The average Bonchev–Trinajstić information content (AvgIpc) is 2.91. The summed E-state index contributed by atoms with van der Waals surface area (Å²) in [5, 5.41) is 10.0. The Hall–Kier alpha value is -1.66. The maximum absolute atomic E-state index is 12.0. The maximum atomic E-state index is 12.0. The van der Waals surface area contributed by atoms with E-state index in [1.807, 2.05) is 18.3 Å². The molecule has 5 nitrogen and oxygen atoms in total. The Kier molecular flexibility index (Phi) is 3.12. The highest BCUT2D eigenvalue weighted by Gasteiger charge is 2.29. The Morgan fingerprint density at radius 3 is 3.00 bits per heavy atom. The third kappa shape index (κ3) is 2.41. The van der Waals surface area contributed by atoms with Crippen LogP contribution in [0.1, 0.15) is 23.6 Å². The van der Waals surface area contributed by atoms with E-state index in [2.05, 4.69) is 15.5 Å². The van der Waals surface area contributed by atoms with E-state index in [0.29, 0.717) is 17.9 Å². The molecule has 0 spiro atoms. The molecule has 1 aromatic carbocycles. The number of benzene rings is 1. The second-order valence-electron chi connectivity index (χ2n) is 4.69. The lowest BCUT2D eigenvalue weighted by Crippen LogP contribution is -2.29. The van der Waals surface area contributed by atoms with Crippen molar-refractivity contribution in [1.82, 2.24) is 15.5 Å². The van der Waals surface area contributed by atoms with Crippen molar-refractivity contribution in [2.45, 2.75) is 23.9 Å². The van der Waals surface area contributed by atoms with Crippen molar-refractivity contribution >= 4 is 9.84 Å². The van der Waals surface area contributed by atoms with E-state index < -0.39 is 9.84 Å². The summed E-state index contributed by atoms with van der Waals surface area (Å²) in [7, 11) is -3.11. The van der Waals surface area contributed by atoms with Crippen molar-refractivity contribution in [3.05, 3.63) is 47.8 Å². The zero-order valence-electron chi connectivity index (χ0n) is 10.3. The highest BCUT2D eigenvalue weighted by atomic mass is 32.2. The molecule has 3 rings (SSSR count). The monoisotopic (exact) mass is 277 g/mol. The van der Waals surface area contributed by atoms with Gasteiger partial charge in [0.05, 0.1) is 16.8 Å². The molecule has 1 atom stereocenters. The Labute approximate surface area is 112 Å². The van der Waals surface area contributed by atoms with Crippen LogP contribution in [-0.4, -0.2) is 24.4 Å². The normalized spacial score (nSPS) is 20.9. The minimum Gasteiger partial charge on any atom is -0.306 e. The van der Waals surface area contributed by atoms with E-state index in [9.17, 15) is 8.42 Å². The highest BCUT2D eigenvalue weighted by Crippen LogP contribution is 2.31. The first-order valence-corrected chi connectivity index (χ1v) is 7.85. The molecule has 0 radical (unpaired) electrons. The van der Waals surface area contributed by atoms with Crippen LogP contribution in [0.5, 0.6) is 0 Å². The van der Waals surface area contributed by atoms with Crippen LogP contribution < -0.4 is 5.32 Å². The maximum Gasteiger partial charge on any atom is 0.178 e. The second-order valence-corrected chi connectivity index (χ2v) is 6.76. The quantitative estimate of drug-likeness (QED) is 0.889. The molecule has 2 aromatic rings. The predicted octanol–water partition coefficient (Wildman–Crippen LogP) is 1.42. The number of rotatable bonds is 3. The molecule has 1 unspecified atom stereocenters. The van der Waals surface area contributed by atoms with Crippen molar-refractivity contribution in [2.24, 2.45) is 0 Å². The molecule has 2 N–H and O–H groups in total. The standard InChI is InChI=1S/C13H15N3O2S/c17-19(18)6-5-12(11-3-1-2-4-13(11)19)14-7-10-8-15-16-9-10/h1-4,8-9,12,14H,5-7H2,(H,15,16). The fourth-order valence-electron chi connectivity index (χ4n) is 2.42. The third-order valence-electron chi connectivity index (χ3n) is 3.41. The van der Waals surface area contributed by atoms with Gasteiger partial charge in [-0.2, -0.15) is 5.10 Å². The van der Waals surface area contributed by atoms with Crippen LogP contribution in [0.25, 0.3) is 0 Å². The number of aromatic nitrogens is 2. The summed E-state index contributed by atoms with van der Waals surface area (Å²) < 4.78 is 24.0. The molecule has 0 bridgehead atoms. The summed E-state index contributed by atoms with van der Waals surface area (Å²) in [4.78, 5) is 0.464. The van der Waals surface area contributed by atoms with Crippen LogP contribution in [0.15, 0.2) is 41.6 Å². The summed E-state index contributed by atoms with van der Waals surface area (Å²) >= 11 is 0. The average molecular weight is 277 g/mol. The summed E-state index contributed by atoms with van der Waals surface area (Å²) in [5.74, 6) is 0.201. The lowest BCUT2D eigenvalue weighted by atomic mass is 10.0. The van der Waals surface area contributed by atoms with E-state index >= 15 is 0 Å². The molecule has 6 heteroatoms. The minimum absolute atomic E-state index is 0.0784. The Balaban J connectivity index is 1.84. The van der Waals surface area contributed by atoms with Gasteiger partial charge in [-0.15, -0.1) is 0 Å². The number of nitrogens with one attached hydrogen (secondary N) is 2. The van der Waals surface area contributed by atoms with Crippen molar-refractivity contribution in [2.75, 3.05) is 5.75 Å². The molecular formula is C13H15N3O2S. The molecule has 0 amide bonds. The fraction of sp³-hybridized carbons (Fsp3) is 0.308. The SMILES string of the molecule is O=S1(=O)CCC(NCc2cn[nH]c2)c2ccccc21. The van der Waals surface area contributed by atoms with E-state index in [1.54, 1.807) is 18.3 Å². The first kappa shape index (κ1) is 12.4. The Morgan fingerprint density at radius 1 is 1.37 bits per heavy atom. The minimum atomic E-state index is -3.11. The zero-order valence-corrected chi connectivity index (χ0v) is 11.2. The molecule has 19 heavy (non-hydrogen) atoms. The lowest BCUT2D eigenvalue weighted by Gasteiger charge is -2.26. The molecule has 0 saturated heterocycles. The topological polar surface area (TPSA) is 74.8 Å². The fourth-order valence-corrected chi connectivity index (χ4v) is 4.04. The van der Waals surface area contributed by atoms with Crippen molar-refractivity contribution in [1.29, 1.82) is 0 Å². The van der Waals surface area contributed by atoms with Gasteiger partial charge in [-0.25, -0.2) is 8.42 Å². The number of aromatic amines is 1. The molecule has 1 aliphatic rings. The van der Waals surface area contributed by atoms with Crippen LogP contribution in [0.2, 0.25) is 0 Å². The number of fused-ring (bicyclic) bond motifs is 1. The van der Waals surface area contributed by atoms with Gasteiger partial charge in [0.1, 0.15) is 0 Å². The first-order chi connectivity index (χ1) is 9.17. The lowest BCUT2D eigenvalue weighted by molar-refractivity contribution is 0.491. The van der Waals surface area contributed by atoms with Crippen molar-refractivity contribution in [3.8, 4) is 0 Å². The Bertz CT molecular complexity index is 665. The second kappa shape index (κ2) is 4.79. The molecule has 2 heterocycles. The largest absolute Gasteiger partial charge is 0.306 e. The van der Waals surface area contributed by atoms with Gasteiger partial charge < -0.3 is 5.32 Å². The summed E-state index contributed by atoms with van der Waals surface area (Å²) in [6.45, 7) is 0.676. The van der Waals surface area contributed by atoms with Gasteiger partial charge in [0, 0.05) is 24.3 Å². The predicted molar refractivity (Wildman–Crippen MR) is 71.3 cm³/mol. The van der Waals surface area contributed by atoms with Gasteiger partial charge in [-0.3, -0.25) is 5.10 Å². The van der Waals surface area contributed by atoms with Crippen LogP contribution in [0.4, 0.5) is 0 Å². The molecule has 1 aromatic heterocycles. The van der Waals surface area contributed by atoms with E-state index in [1.165, 1.54) is 0 Å². The van der Waals surface area contributed by atoms with Crippen molar-refractivity contribution < 1.29 is 8.42 Å². The molecule has 0 fully saturated rings. The van der Waals surface area contributed by atoms with E-state index in [4.69, 9.17) is 0 Å². The molecule has 1 aliphatic heterocycles. The van der Waals surface area contributed by atoms with Crippen LogP contribution in [-0.2, 0) is 16.4 Å². The zero-order chi connectivity index (χ0) is 13.3. The number of hydrogen-bond donors (Lipinski definition) is 2. The van der Waals surface area contributed by atoms with Gasteiger partial charge in [0.2, 0.25) is 0 Å². The molecular weight excluding hydrogens is 262 g/mol. The smallest absolute Gasteiger partial charge is 0.178 e. The van der Waals surface area contributed by atoms with Crippen molar-refractivity contribution in [3.63, 3.8) is 0 Å². The molecule has 100 valence electrons. The number of H-pyrrole nitrogens is 1. The van der Waals surface area contributed by atoms with E-state index in [-0.39, 0.29) is 11.8 Å². The van der Waals surface area contributed by atoms with Gasteiger partial charge in [-0.05, 0) is 18.1 Å². The summed E-state index contributed by atoms with van der Waals surface area (Å²) in [5.41, 5.74) is 1.93.